The van der Waals surface area contributed by atoms with Gasteiger partial charge in [-0.3, -0.25) is 0 Å². The van der Waals surface area contributed by atoms with Crippen LogP contribution in [0.25, 0.3) is 11.0 Å². The Kier molecular flexibility index (Phi) is 6.08. The molecule has 2 N–H and O–H groups in total. The standard InChI is InChI=1S/C20H24O7/c1-6-11(2)19(23)27-17(18(22)20(3,4)24)13-9-12-7-8-16(21)26-14(12)10-15(13)25-5/h6-10,17-18,22,24H,1-5H3/t17-,18-/m0/s1. The number of hydrogen-bond donors (Lipinski definition) is 2. The Hall–Kier alpha value is -2.64. The molecule has 7 nitrogen and oxygen atoms in total. The molecular formula is C20H24O7. The van der Waals surface area contributed by atoms with Gasteiger partial charge in [-0.15, -0.1) is 0 Å². The maximum absolute atomic E-state index is 12.3. The lowest BCUT2D eigenvalue weighted by atomic mass is 9.91. The van der Waals surface area contributed by atoms with Gasteiger partial charge in [-0.1, -0.05) is 6.08 Å². The molecule has 0 aliphatic heterocycles. The van der Waals surface area contributed by atoms with Crippen molar-refractivity contribution in [3.8, 4) is 5.75 Å². The lowest BCUT2D eigenvalue weighted by Gasteiger charge is -2.32. The van der Waals surface area contributed by atoms with Gasteiger partial charge in [-0.2, -0.15) is 0 Å². The lowest BCUT2D eigenvalue weighted by molar-refractivity contribution is -0.163. The summed E-state index contributed by atoms with van der Waals surface area (Å²) in [5.41, 5.74) is -1.09. The molecule has 27 heavy (non-hydrogen) atoms. The Bertz CT molecular complexity index is 918. The fraction of sp³-hybridized carbons (Fsp3) is 0.400. The summed E-state index contributed by atoms with van der Waals surface area (Å²) in [6.07, 6.45) is -1.06. The first-order valence-electron chi connectivity index (χ1n) is 8.44. The summed E-state index contributed by atoms with van der Waals surface area (Å²) in [5, 5.41) is 21.5. The van der Waals surface area contributed by atoms with Gasteiger partial charge in [-0.05, 0) is 39.8 Å². The summed E-state index contributed by atoms with van der Waals surface area (Å²) in [6.45, 7) is 6.10. The average molecular weight is 376 g/mol. The second-order valence-electron chi connectivity index (χ2n) is 6.78. The largest absolute Gasteiger partial charge is 0.496 e. The number of rotatable bonds is 6. The highest BCUT2D eigenvalue weighted by atomic mass is 16.6. The minimum Gasteiger partial charge on any atom is -0.496 e. The molecule has 0 radical (unpaired) electrons. The normalized spacial score (nSPS) is 14.7. The zero-order valence-electron chi connectivity index (χ0n) is 16.0. The van der Waals surface area contributed by atoms with Crippen molar-refractivity contribution in [3.05, 3.63) is 51.9 Å². The molecule has 1 aromatic heterocycles. The summed E-state index contributed by atoms with van der Waals surface area (Å²) in [6, 6.07) is 5.88. The number of methoxy groups -OCH3 is 1. The second-order valence-corrected chi connectivity index (χ2v) is 6.78. The van der Waals surface area contributed by atoms with E-state index in [1.165, 1.54) is 33.1 Å². The van der Waals surface area contributed by atoms with E-state index in [9.17, 15) is 19.8 Å². The van der Waals surface area contributed by atoms with Crippen molar-refractivity contribution in [2.75, 3.05) is 7.11 Å². The molecule has 1 heterocycles. The first-order chi connectivity index (χ1) is 12.6. The number of fused-ring (bicyclic) bond motifs is 1. The van der Waals surface area contributed by atoms with Gasteiger partial charge in [0.25, 0.3) is 0 Å². The quantitative estimate of drug-likeness (QED) is 0.453. The Balaban J connectivity index is 2.64. The number of carbonyl (C=O) groups excluding carboxylic acids is 1. The number of allylic oxidation sites excluding steroid dienone is 1. The second kappa shape index (κ2) is 7.94. The van der Waals surface area contributed by atoms with Crippen LogP contribution in [0.2, 0.25) is 0 Å². The summed E-state index contributed by atoms with van der Waals surface area (Å²) in [5.74, 6) is -0.386. The van der Waals surface area contributed by atoms with Gasteiger partial charge >= 0.3 is 11.6 Å². The number of carbonyl (C=O) groups is 1. The number of ether oxygens (including phenoxy) is 2. The molecule has 0 aliphatic rings. The number of esters is 1. The lowest BCUT2D eigenvalue weighted by Crippen LogP contribution is -2.42. The van der Waals surface area contributed by atoms with E-state index in [1.807, 2.05) is 0 Å². The minimum atomic E-state index is -1.56. The molecule has 2 rings (SSSR count). The van der Waals surface area contributed by atoms with Crippen molar-refractivity contribution < 1.29 is 28.9 Å². The first-order valence-corrected chi connectivity index (χ1v) is 8.44. The van der Waals surface area contributed by atoms with Crippen LogP contribution in [0.4, 0.5) is 0 Å². The molecule has 0 amide bonds. The molecule has 0 aliphatic carbocycles. The fourth-order valence-corrected chi connectivity index (χ4v) is 2.51. The summed E-state index contributed by atoms with van der Waals surface area (Å²) in [4.78, 5) is 23.8. The van der Waals surface area contributed by atoms with E-state index in [2.05, 4.69) is 0 Å². The van der Waals surface area contributed by atoms with Crippen molar-refractivity contribution in [1.29, 1.82) is 0 Å². The average Bonchev–Trinajstić information content (AvgIpc) is 2.62. The fourth-order valence-electron chi connectivity index (χ4n) is 2.51. The smallest absolute Gasteiger partial charge is 0.336 e. The monoisotopic (exact) mass is 376 g/mol. The van der Waals surface area contributed by atoms with Crippen molar-refractivity contribution in [2.45, 2.75) is 45.5 Å². The van der Waals surface area contributed by atoms with Crippen LogP contribution in [0.5, 0.6) is 5.75 Å². The zero-order valence-corrected chi connectivity index (χ0v) is 16.0. The molecule has 1 aromatic carbocycles. The van der Waals surface area contributed by atoms with Crippen molar-refractivity contribution in [3.63, 3.8) is 0 Å². The Morgan fingerprint density at radius 1 is 1.30 bits per heavy atom. The van der Waals surface area contributed by atoms with Crippen molar-refractivity contribution in [2.24, 2.45) is 0 Å². The van der Waals surface area contributed by atoms with Gasteiger partial charge in [-0.25, -0.2) is 9.59 Å². The zero-order chi connectivity index (χ0) is 20.4. The van der Waals surface area contributed by atoms with E-state index >= 15 is 0 Å². The number of aliphatic hydroxyl groups excluding tert-OH is 1. The molecule has 2 aromatic rings. The molecule has 0 fully saturated rings. The van der Waals surface area contributed by atoms with Crippen LogP contribution in [0.3, 0.4) is 0 Å². The minimum absolute atomic E-state index is 0.246. The van der Waals surface area contributed by atoms with E-state index in [-0.39, 0.29) is 11.3 Å². The van der Waals surface area contributed by atoms with Crippen LogP contribution in [0, 0.1) is 0 Å². The molecule has 146 valence electrons. The first kappa shape index (κ1) is 20.7. The van der Waals surface area contributed by atoms with Gasteiger partial charge in [0.1, 0.15) is 17.4 Å². The van der Waals surface area contributed by atoms with Gasteiger partial charge < -0.3 is 24.1 Å². The molecular weight excluding hydrogens is 352 g/mol. The molecule has 2 atom stereocenters. The van der Waals surface area contributed by atoms with E-state index in [1.54, 1.807) is 32.1 Å². The predicted octanol–water partition coefficient (Wildman–Crippen LogP) is 2.48. The molecule has 0 unspecified atom stereocenters. The molecule has 0 spiro atoms. The Labute approximate surface area is 156 Å². The molecule has 7 heteroatoms. The Morgan fingerprint density at radius 3 is 2.52 bits per heavy atom. The third-order valence-corrected chi connectivity index (χ3v) is 4.28. The number of aliphatic hydroxyl groups is 2. The highest BCUT2D eigenvalue weighted by molar-refractivity contribution is 5.88. The number of hydrogen-bond acceptors (Lipinski definition) is 7. The van der Waals surface area contributed by atoms with Gasteiger partial charge in [0.15, 0.2) is 6.10 Å². The van der Waals surface area contributed by atoms with Crippen molar-refractivity contribution in [1.82, 2.24) is 0 Å². The van der Waals surface area contributed by atoms with E-state index < -0.39 is 29.4 Å². The van der Waals surface area contributed by atoms with Gasteiger partial charge in [0, 0.05) is 28.7 Å². The van der Waals surface area contributed by atoms with Gasteiger partial charge in [0.05, 0.1) is 12.7 Å². The van der Waals surface area contributed by atoms with Crippen LogP contribution in [-0.2, 0) is 9.53 Å². The van der Waals surface area contributed by atoms with Crippen LogP contribution < -0.4 is 10.4 Å². The maximum atomic E-state index is 12.3. The number of benzene rings is 1. The van der Waals surface area contributed by atoms with E-state index in [0.717, 1.165) is 0 Å². The van der Waals surface area contributed by atoms with E-state index in [4.69, 9.17) is 13.9 Å². The molecule has 0 saturated carbocycles. The predicted molar refractivity (Wildman–Crippen MR) is 99.6 cm³/mol. The summed E-state index contributed by atoms with van der Waals surface area (Å²) >= 11 is 0. The summed E-state index contributed by atoms with van der Waals surface area (Å²) < 4.78 is 16.0. The van der Waals surface area contributed by atoms with Crippen molar-refractivity contribution >= 4 is 16.9 Å². The third-order valence-electron chi connectivity index (χ3n) is 4.28. The topological polar surface area (TPSA) is 106 Å². The molecule has 0 bridgehead atoms. The highest BCUT2D eigenvalue weighted by Gasteiger charge is 2.38. The van der Waals surface area contributed by atoms with Crippen LogP contribution >= 0.6 is 0 Å². The maximum Gasteiger partial charge on any atom is 0.336 e. The van der Waals surface area contributed by atoms with Crippen LogP contribution in [0.15, 0.2) is 45.1 Å². The van der Waals surface area contributed by atoms with Crippen LogP contribution in [0.1, 0.15) is 39.4 Å². The third kappa shape index (κ3) is 4.56. The van der Waals surface area contributed by atoms with Gasteiger partial charge in [0.2, 0.25) is 0 Å². The Morgan fingerprint density at radius 2 is 1.96 bits per heavy atom. The SMILES string of the molecule is CC=C(C)C(=O)O[C@@H](c1cc2ccc(=O)oc2cc1OC)[C@H](O)C(C)(C)O. The highest BCUT2D eigenvalue weighted by Crippen LogP contribution is 2.37. The van der Waals surface area contributed by atoms with Crippen LogP contribution in [-0.4, -0.2) is 35.0 Å². The summed E-state index contributed by atoms with van der Waals surface area (Å²) in [7, 11) is 1.40. The van der Waals surface area contributed by atoms with E-state index in [0.29, 0.717) is 16.5 Å². The molecule has 0 saturated heterocycles.